The number of benzene rings is 3. The maximum absolute atomic E-state index is 12.8. The minimum atomic E-state index is -1.06. The molecule has 0 saturated heterocycles. The molecule has 3 aromatic rings. The van der Waals surface area contributed by atoms with E-state index in [1.54, 1.807) is 30.3 Å². The number of ether oxygens (including phenoxy) is 3. The third-order valence-electron chi connectivity index (χ3n) is 6.76. The second-order valence-corrected chi connectivity index (χ2v) is 9.86. The molecule has 0 amide bonds. The highest BCUT2D eigenvalue weighted by Crippen LogP contribution is 2.30. The van der Waals surface area contributed by atoms with Crippen LogP contribution in [0.25, 0.3) is 11.1 Å². The summed E-state index contributed by atoms with van der Waals surface area (Å²) in [4.78, 5) is 24.7. The Bertz CT molecular complexity index is 1180. The highest BCUT2D eigenvalue weighted by atomic mass is 16.5. The van der Waals surface area contributed by atoms with Crippen molar-refractivity contribution in [2.24, 2.45) is 5.92 Å². The van der Waals surface area contributed by atoms with E-state index in [9.17, 15) is 14.7 Å². The second-order valence-electron chi connectivity index (χ2n) is 9.86. The van der Waals surface area contributed by atoms with Crippen molar-refractivity contribution in [1.29, 1.82) is 0 Å². The van der Waals surface area contributed by atoms with Gasteiger partial charge in [-0.1, -0.05) is 58.6 Å². The Balaban J connectivity index is 1.63. The fraction of sp³-hybridized carbons (Fsp3) is 0.394. The lowest BCUT2D eigenvalue weighted by atomic mass is 9.99. The third-order valence-corrected chi connectivity index (χ3v) is 6.76. The van der Waals surface area contributed by atoms with E-state index < -0.39 is 11.9 Å². The fourth-order valence-electron chi connectivity index (χ4n) is 4.14. The van der Waals surface area contributed by atoms with Crippen LogP contribution in [-0.2, 0) is 0 Å². The van der Waals surface area contributed by atoms with Crippen molar-refractivity contribution in [1.82, 2.24) is 0 Å². The Kier molecular flexibility index (Phi) is 11.9. The molecule has 0 aliphatic carbocycles. The summed E-state index contributed by atoms with van der Waals surface area (Å²) in [6, 6.07) is 18.7. The van der Waals surface area contributed by atoms with Crippen LogP contribution in [0.1, 0.15) is 86.4 Å². The van der Waals surface area contributed by atoms with E-state index in [2.05, 4.69) is 20.8 Å². The van der Waals surface area contributed by atoms with Crippen LogP contribution >= 0.6 is 0 Å². The van der Waals surface area contributed by atoms with Crippen LogP contribution in [0.15, 0.2) is 66.7 Å². The molecule has 1 N–H and O–H groups in total. The maximum atomic E-state index is 12.8. The minimum Gasteiger partial charge on any atom is -0.494 e. The van der Waals surface area contributed by atoms with Crippen LogP contribution in [0, 0.1) is 5.92 Å². The van der Waals surface area contributed by atoms with Gasteiger partial charge in [-0.05, 0) is 90.9 Å². The lowest BCUT2D eigenvalue weighted by Gasteiger charge is -2.12. The molecule has 3 aromatic carbocycles. The van der Waals surface area contributed by atoms with Crippen LogP contribution in [-0.4, -0.2) is 30.3 Å². The molecule has 6 heteroatoms. The van der Waals surface area contributed by atoms with Gasteiger partial charge in [0.2, 0.25) is 0 Å². The van der Waals surface area contributed by atoms with Gasteiger partial charge in [-0.25, -0.2) is 9.59 Å². The first-order valence-corrected chi connectivity index (χ1v) is 14.0. The maximum Gasteiger partial charge on any atom is 0.343 e. The lowest BCUT2D eigenvalue weighted by Crippen LogP contribution is -2.09. The van der Waals surface area contributed by atoms with Crippen molar-refractivity contribution in [3.05, 3.63) is 77.9 Å². The SMILES string of the molecule is CCCCCCOc1ccc(-c2cc(OC(=O)c3ccc(OCCC[C@@H](C)CC)cc3)ccc2C(=O)O)cc1. The first-order valence-electron chi connectivity index (χ1n) is 14.0. The molecule has 0 heterocycles. The van der Waals surface area contributed by atoms with Gasteiger partial charge in [0.1, 0.15) is 17.2 Å². The fourth-order valence-corrected chi connectivity index (χ4v) is 4.14. The van der Waals surface area contributed by atoms with Crippen molar-refractivity contribution >= 4 is 11.9 Å². The quantitative estimate of drug-likeness (QED) is 0.113. The van der Waals surface area contributed by atoms with Gasteiger partial charge in [0.05, 0.1) is 24.3 Å². The van der Waals surface area contributed by atoms with E-state index >= 15 is 0 Å². The summed E-state index contributed by atoms with van der Waals surface area (Å²) >= 11 is 0. The van der Waals surface area contributed by atoms with Gasteiger partial charge in [0, 0.05) is 0 Å². The van der Waals surface area contributed by atoms with E-state index in [1.807, 2.05) is 24.3 Å². The number of aromatic carboxylic acids is 1. The number of hydrogen-bond donors (Lipinski definition) is 1. The largest absolute Gasteiger partial charge is 0.494 e. The molecule has 1 atom stereocenters. The average Bonchev–Trinajstić information content (AvgIpc) is 2.95. The zero-order valence-corrected chi connectivity index (χ0v) is 23.3. The van der Waals surface area contributed by atoms with Gasteiger partial charge < -0.3 is 19.3 Å². The van der Waals surface area contributed by atoms with Gasteiger partial charge in [-0.2, -0.15) is 0 Å². The number of esters is 1. The normalized spacial score (nSPS) is 11.6. The van der Waals surface area contributed by atoms with Gasteiger partial charge in [-0.3, -0.25) is 0 Å². The molecular formula is C33H40O6. The number of carboxylic acid groups (broad SMARTS) is 1. The van der Waals surface area contributed by atoms with Gasteiger partial charge >= 0.3 is 11.9 Å². The topological polar surface area (TPSA) is 82.1 Å². The van der Waals surface area contributed by atoms with Crippen LogP contribution < -0.4 is 14.2 Å². The Hall–Kier alpha value is -3.80. The second kappa shape index (κ2) is 15.6. The Morgan fingerprint density at radius 1 is 0.769 bits per heavy atom. The van der Waals surface area contributed by atoms with E-state index in [-0.39, 0.29) is 11.3 Å². The summed E-state index contributed by atoms with van der Waals surface area (Å²) in [6.07, 6.45) is 7.79. The molecule has 3 rings (SSSR count). The van der Waals surface area contributed by atoms with E-state index in [0.717, 1.165) is 37.9 Å². The average molecular weight is 533 g/mol. The molecule has 0 radical (unpaired) electrons. The molecule has 39 heavy (non-hydrogen) atoms. The van der Waals surface area contributed by atoms with Crippen LogP contribution in [0.5, 0.6) is 17.2 Å². The van der Waals surface area contributed by atoms with Gasteiger partial charge in [-0.15, -0.1) is 0 Å². The van der Waals surface area contributed by atoms with Crippen molar-refractivity contribution in [3.8, 4) is 28.4 Å². The number of rotatable bonds is 16. The minimum absolute atomic E-state index is 0.123. The summed E-state index contributed by atoms with van der Waals surface area (Å²) in [7, 11) is 0. The summed E-state index contributed by atoms with van der Waals surface area (Å²) in [6.45, 7) is 7.88. The predicted octanol–water partition coefficient (Wildman–Crippen LogP) is 8.44. The molecule has 6 nitrogen and oxygen atoms in total. The molecule has 208 valence electrons. The summed E-state index contributed by atoms with van der Waals surface area (Å²) in [5.41, 5.74) is 1.66. The number of hydrogen-bond acceptors (Lipinski definition) is 5. The van der Waals surface area contributed by atoms with Gasteiger partial charge in [0.25, 0.3) is 0 Å². The Morgan fingerprint density at radius 3 is 2.00 bits per heavy atom. The highest BCUT2D eigenvalue weighted by molar-refractivity contribution is 5.97. The van der Waals surface area contributed by atoms with E-state index in [0.29, 0.717) is 41.6 Å². The molecule has 0 unspecified atom stereocenters. The standard InChI is InChI=1S/C33H40O6/c1-4-6-7-8-21-37-27-15-11-25(12-16-27)31-23-29(19-20-30(31)32(34)35)39-33(36)26-13-17-28(18-14-26)38-22-9-10-24(3)5-2/h11-20,23-24H,4-10,21-22H2,1-3H3,(H,34,35)/t24-/m0/s1. The summed E-state index contributed by atoms with van der Waals surface area (Å²) < 4.78 is 17.2. The molecule has 0 bridgehead atoms. The van der Waals surface area contributed by atoms with Gasteiger partial charge in [0.15, 0.2) is 0 Å². The van der Waals surface area contributed by atoms with E-state index in [1.165, 1.54) is 25.0 Å². The first kappa shape index (κ1) is 29.8. The van der Waals surface area contributed by atoms with Crippen molar-refractivity contribution in [2.75, 3.05) is 13.2 Å². The van der Waals surface area contributed by atoms with E-state index in [4.69, 9.17) is 14.2 Å². The zero-order chi connectivity index (χ0) is 28.0. The Labute approximate surface area is 231 Å². The number of carbonyl (C=O) groups is 2. The number of carboxylic acids is 1. The highest BCUT2D eigenvalue weighted by Gasteiger charge is 2.16. The van der Waals surface area contributed by atoms with Crippen molar-refractivity contribution in [2.45, 2.75) is 65.7 Å². The number of unbranched alkanes of at least 4 members (excludes halogenated alkanes) is 3. The molecule has 0 aliphatic rings. The molecular weight excluding hydrogens is 492 g/mol. The van der Waals surface area contributed by atoms with Crippen LogP contribution in [0.3, 0.4) is 0 Å². The predicted molar refractivity (Wildman–Crippen MR) is 154 cm³/mol. The monoisotopic (exact) mass is 532 g/mol. The smallest absolute Gasteiger partial charge is 0.343 e. The zero-order valence-electron chi connectivity index (χ0n) is 23.3. The molecule has 0 saturated carbocycles. The Morgan fingerprint density at radius 2 is 1.38 bits per heavy atom. The van der Waals surface area contributed by atoms with Crippen LogP contribution in [0.4, 0.5) is 0 Å². The molecule has 0 spiro atoms. The van der Waals surface area contributed by atoms with Crippen LogP contribution in [0.2, 0.25) is 0 Å². The summed E-state index contributed by atoms with van der Waals surface area (Å²) in [5.74, 6) is 0.809. The molecule has 0 fully saturated rings. The van der Waals surface area contributed by atoms with Crippen molar-refractivity contribution in [3.63, 3.8) is 0 Å². The molecule has 0 aromatic heterocycles. The number of carbonyl (C=O) groups excluding carboxylic acids is 1. The first-order chi connectivity index (χ1) is 18.9. The molecule has 0 aliphatic heterocycles. The third kappa shape index (κ3) is 9.47. The van der Waals surface area contributed by atoms with Crippen molar-refractivity contribution < 1.29 is 28.9 Å². The summed E-state index contributed by atoms with van der Waals surface area (Å²) in [5, 5.41) is 9.72. The lowest BCUT2D eigenvalue weighted by molar-refractivity contribution is 0.0697.